The average molecular weight is 239 g/mol. The predicted molar refractivity (Wildman–Crippen MR) is 63.3 cm³/mol. The largest absolute Gasteiger partial charge is 0.361 e. The van der Waals surface area contributed by atoms with Crippen molar-refractivity contribution in [2.75, 3.05) is 0 Å². The fourth-order valence-electron chi connectivity index (χ4n) is 1.24. The van der Waals surface area contributed by atoms with Gasteiger partial charge in [0.25, 0.3) is 0 Å². The van der Waals surface area contributed by atoms with Crippen molar-refractivity contribution >= 4 is 28.9 Å². The van der Waals surface area contributed by atoms with E-state index in [0.717, 1.165) is 10.4 Å². The maximum Gasteiger partial charge on any atom is 0.329 e. The number of nitrogens with zero attached hydrogens (tertiary/aromatic N) is 1. The average Bonchev–Trinajstić information content (AvgIpc) is 2.53. The molecule has 0 atom stereocenters. The quantitative estimate of drug-likeness (QED) is 0.452. The summed E-state index contributed by atoms with van der Waals surface area (Å²) in [5.74, 6) is -1.96. The summed E-state index contributed by atoms with van der Waals surface area (Å²) < 4.78 is 0. The SMILES string of the molecule is C/C(=N/NC(=O)C(N)=O)c1cc(C)sc1C. The molecule has 0 aromatic carbocycles. The first kappa shape index (κ1) is 12.4. The van der Waals surface area contributed by atoms with Gasteiger partial charge in [0, 0.05) is 15.3 Å². The first-order valence-electron chi connectivity index (χ1n) is 4.63. The van der Waals surface area contributed by atoms with E-state index in [0.29, 0.717) is 5.71 Å². The maximum atomic E-state index is 10.9. The van der Waals surface area contributed by atoms with E-state index < -0.39 is 11.8 Å². The van der Waals surface area contributed by atoms with E-state index in [1.54, 1.807) is 18.3 Å². The molecule has 86 valence electrons. The zero-order valence-corrected chi connectivity index (χ0v) is 10.1. The molecule has 2 amide bonds. The van der Waals surface area contributed by atoms with Gasteiger partial charge in [0.15, 0.2) is 0 Å². The summed E-state index contributed by atoms with van der Waals surface area (Å²) in [7, 11) is 0. The number of rotatable bonds is 2. The number of carbonyl (C=O) groups is 2. The number of carbonyl (C=O) groups excluding carboxylic acids is 2. The highest BCUT2D eigenvalue weighted by atomic mass is 32.1. The van der Waals surface area contributed by atoms with Crippen molar-refractivity contribution in [3.05, 3.63) is 21.4 Å². The van der Waals surface area contributed by atoms with Gasteiger partial charge >= 0.3 is 11.8 Å². The molecule has 16 heavy (non-hydrogen) atoms. The second kappa shape index (κ2) is 4.89. The molecule has 1 aromatic heterocycles. The van der Waals surface area contributed by atoms with Crippen molar-refractivity contribution in [3.63, 3.8) is 0 Å². The summed E-state index contributed by atoms with van der Waals surface area (Å²) in [4.78, 5) is 23.6. The summed E-state index contributed by atoms with van der Waals surface area (Å²) in [6.07, 6.45) is 0. The number of primary amides is 1. The van der Waals surface area contributed by atoms with Crippen LogP contribution in [-0.4, -0.2) is 17.5 Å². The molecule has 0 fully saturated rings. The molecule has 1 rings (SSSR count). The topological polar surface area (TPSA) is 84.6 Å². The van der Waals surface area contributed by atoms with Gasteiger partial charge in [-0.1, -0.05) is 0 Å². The number of nitrogens with two attached hydrogens (primary N) is 1. The third-order valence-electron chi connectivity index (χ3n) is 1.98. The van der Waals surface area contributed by atoms with Gasteiger partial charge in [-0.3, -0.25) is 9.59 Å². The van der Waals surface area contributed by atoms with Crippen LogP contribution in [0.1, 0.15) is 22.2 Å². The van der Waals surface area contributed by atoms with E-state index in [2.05, 4.69) is 10.5 Å². The number of thiophene rings is 1. The van der Waals surface area contributed by atoms with Crippen molar-refractivity contribution in [1.29, 1.82) is 0 Å². The van der Waals surface area contributed by atoms with Crippen molar-refractivity contribution in [3.8, 4) is 0 Å². The highest BCUT2D eigenvalue weighted by Gasteiger charge is 2.09. The second-order valence-electron chi connectivity index (χ2n) is 3.33. The van der Waals surface area contributed by atoms with Crippen LogP contribution in [0.3, 0.4) is 0 Å². The molecular weight excluding hydrogens is 226 g/mol. The summed E-state index contributed by atoms with van der Waals surface area (Å²) in [5, 5.41) is 3.81. The molecule has 0 unspecified atom stereocenters. The Morgan fingerprint density at radius 2 is 2.06 bits per heavy atom. The lowest BCUT2D eigenvalue weighted by Gasteiger charge is -1.99. The highest BCUT2D eigenvalue weighted by Crippen LogP contribution is 2.20. The molecule has 1 aromatic rings. The van der Waals surface area contributed by atoms with E-state index in [-0.39, 0.29) is 0 Å². The van der Waals surface area contributed by atoms with Crippen LogP contribution in [0, 0.1) is 13.8 Å². The van der Waals surface area contributed by atoms with Gasteiger partial charge in [0.05, 0.1) is 5.71 Å². The van der Waals surface area contributed by atoms with Crippen molar-refractivity contribution in [2.24, 2.45) is 10.8 Å². The van der Waals surface area contributed by atoms with Gasteiger partial charge in [-0.2, -0.15) is 5.10 Å². The Hall–Kier alpha value is -1.69. The molecule has 1 heterocycles. The third kappa shape index (κ3) is 2.90. The number of hydrazone groups is 1. The fourth-order valence-corrected chi connectivity index (χ4v) is 2.22. The first-order valence-corrected chi connectivity index (χ1v) is 5.45. The number of hydrogen-bond donors (Lipinski definition) is 2. The molecule has 0 aliphatic carbocycles. The molecule has 0 saturated carbocycles. The Kier molecular flexibility index (Phi) is 3.78. The molecule has 0 aliphatic heterocycles. The van der Waals surface area contributed by atoms with Gasteiger partial charge in [0.2, 0.25) is 0 Å². The van der Waals surface area contributed by atoms with Crippen LogP contribution in [0.2, 0.25) is 0 Å². The van der Waals surface area contributed by atoms with Crippen LogP contribution >= 0.6 is 11.3 Å². The Morgan fingerprint density at radius 3 is 2.50 bits per heavy atom. The Morgan fingerprint density at radius 1 is 1.44 bits per heavy atom. The zero-order chi connectivity index (χ0) is 12.3. The lowest BCUT2D eigenvalue weighted by atomic mass is 10.2. The monoisotopic (exact) mass is 239 g/mol. The van der Waals surface area contributed by atoms with Gasteiger partial charge in [-0.25, -0.2) is 5.43 Å². The van der Waals surface area contributed by atoms with Crippen LogP contribution in [0.25, 0.3) is 0 Å². The molecule has 3 N–H and O–H groups in total. The van der Waals surface area contributed by atoms with Gasteiger partial charge in [0.1, 0.15) is 0 Å². The number of hydrogen-bond acceptors (Lipinski definition) is 4. The predicted octanol–water partition coefficient (Wildman–Crippen LogP) is 0.690. The third-order valence-corrected chi connectivity index (χ3v) is 2.95. The van der Waals surface area contributed by atoms with Crippen molar-refractivity contribution < 1.29 is 9.59 Å². The van der Waals surface area contributed by atoms with Gasteiger partial charge < -0.3 is 5.73 Å². The van der Waals surface area contributed by atoms with Crippen LogP contribution in [-0.2, 0) is 9.59 Å². The van der Waals surface area contributed by atoms with E-state index in [1.807, 2.05) is 19.9 Å². The zero-order valence-electron chi connectivity index (χ0n) is 9.33. The second-order valence-corrected chi connectivity index (χ2v) is 4.79. The van der Waals surface area contributed by atoms with Crippen molar-refractivity contribution in [1.82, 2.24) is 5.43 Å². The van der Waals surface area contributed by atoms with Gasteiger partial charge in [-0.05, 0) is 26.8 Å². The molecule has 0 saturated heterocycles. The maximum absolute atomic E-state index is 10.9. The summed E-state index contributed by atoms with van der Waals surface area (Å²) >= 11 is 1.65. The number of aryl methyl sites for hydroxylation is 2. The molecule has 0 aliphatic rings. The van der Waals surface area contributed by atoms with E-state index in [1.165, 1.54) is 4.88 Å². The molecule has 0 radical (unpaired) electrons. The minimum absolute atomic E-state index is 0.649. The van der Waals surface area contributed by atoms with Crippen molar-refractivity contribution in [2.45, 2.75) is 20.8 Å². The highest BCUT2D eigenvalue weighted by molar-refractivity contribution is 7.12. The van der Waals surface area contributed by atoms with Crippen LogP contribution in [0.4, 0.5) is 0 Å². The molecular formula is C10H13N3O2S. The van der Waals surface area contributed by atoms with Crippen LogP contribution in [0.5, 0.6) is 0 Å². The minimum atomic E-state index is -1.05. The molecule has 6 heteroatoms. The van der Waals surface area contributed by atoms with E-state index in [4.69, 9.17) is 5.73 Å². The Labute approximate surface area is 97.3 Å². The number of nitrogens with one attached hydrogen (secondary N) is 1. The summed E-state index contributed by atoms with van der Waals surface area (Å²) in [6.45, 7) is 5.73. The first-order chi connectivity index (χ1) is 7.41. The molecule has 0 bridgehead atoms. The lowest BCUT2D eigenvalue weighted by molar-refractivity contribution is -0.137. The molecule has 5 nitrogen and oxygen atoms in total. The van der Waals surface area contributed by atoms with Gasteiger partial charge in [-0.15, -0.1) is 11.3 Å². The smallest absolute Gasteiger partial charge is 0.329 e. The standard InChI is InChI=1S/C10H13N3O2S/c1-5-4-8(7(3)16-5)6(2)12-13-10(15)9(11)14/h4H,1-3H3,(H2,11,14)(H,13,15)/b12-6-. The summed E-state index contributed by atoms with van der Waals surface area (Å²) in [5.41, 5.74) is 8.49. The Bertz CT molecular complexity index is 463. The lowest BCUT2D eigenvalue weighted by Crippen LogP contribution is -2.33. The van der Waals surface area contributed by atoms with E-state index >= 15 is 0 Å². The molecule has 0 spiro atoms. The normalized spacial score (nSPS) is 11.3. The Balaban J connectivity index is 2.82. The van der Waals surface area contributed by atoms with Crippen LogP contribution in [0.15, 0.2) is 11.2 Å². The van der Waals surface area contributed by atoms with Crippen LogP contribution < -0.4 is 11.2 Å². The summed E-state index contributed by atoms with van der Waals surface area (Å²) in [6, 6.07) is 1.98. The minimum Gasteiger partial charge on any atom is -0.361 e. The fraction of sp³-hybridized carbons (Fsp3) is 0.300. The number of amides is 2. The van der Waals surface area contributed by atoms with E-state index in [9.17, 15) is 9.59 Å².